The van der Waals surface area contributed by atoms with E-state index in [0.29, 0.717) is 26.1 Å². The number of likely N-dealkylation sites (tertiary alicyclic amines) is 1. The molecule has 0 bridgehead atoms. The van der Waals surface area contributed by atoms with Crippen molar-refractivity contribution in [1.82, 2.24) is 9.88 Å². The Morgan fingerprint density at radius 2 is 2.16 bits per heavy atom. The van der Waals surface area contributed by atoms with Gasteiger partial charge in [0.1, 0.15) is 5.60 Å². The van der Waals surface area contributed by atoms with Gasteiger partial charge in [-0.1, -0.05) is 6.92 Å². The third-order valence-corrected chi connectivity index (χ3v) is 4.17. The Balaban J connectivity index is 2.04. The molecule has 1 aliphatic heterocycles. The lowest BCUT2D eigenvalue weighted by Crippen LogP contribution is -2.46. The largest absolute Gasteiger partial charge is 0.444 e. The summed E-state index contributed by atoms with van der Waals surface area (Å²) in [6.07, 6.45) is 5.49. The molecule has 0 unspecified atom stereocenters. The SMILES string of the molecule is CCC(=O)N(C[C@@H]1CCCN(C(=O)OC(C)(C)C)C1)c1cccnc1. The fourth-order valence-corrected chi connectivity index (χ4v) is 3.02. The summed E-state index contributed by atoms with van der Waals surface area (Å²) in [7, 11) is 0. The van der Waals surface area contributed by atoms with Crippen LogP contribution in [0.1, 0.15) is 47.0 Å². The van der Waals surface area contributed by atoms with Crippen LogP contribution in [-0.2, 0) is 9.53 Å². The van der Waals surface area contributed by atoms with Crippen LogP contribution >= 0.6 is 0 Å². The van der Waals surface area contributed by atoms with E-state index in [2.05, 4.69) is 4.98 Å². The topological polar surface area (TPSA) is 62.7 Å². The monoisotopic (exact) mass is 347 g/mol. The highest BCUT2D eigenvalue weighted by Crippen LogP contribution is 2.23. The number of piperidine rings is 1. The molecular weight excluding hydrogens is 318 g/mol. The molecule has 6 heteroatoms. The van der Waals surface area contributed by atoms with E-state index in [-0.39, 0.29) is 17.9 Å². The van der Waals surface area contributed by atoms with E-state index >= 15 is 0 Å². The number of carbonyl (C=O) groups excluding carboxylic acids is 2. The maximum atomic E-state index is 12.4. The first kappa shape index (κ1) is 19.2. The van der Waals surface area contributed by atoms with Gasteiger partial charge < -0.3 is 14.5 Å². The molecule has 1 aromatic heterocycles. The second-order valence-electron chi connectivity index (χ2n) is 7.50. The van der Waals surface area contributed by atoms with Crippen molar-refractivity contribution in [3.05, 3.63) is 24.5 Å². The number of anilines is 1. The molecule has 138 valence electrons. The van der Waals surface area contributed by atoms with Gasteiger partial charge >= 0.3 is 6.09 Å². The van der Waals surface area contributed by atoms with Gasteiger partial charge in [-0.3, -0.25) is 9.78 Å². The van der Waals surface area contributed by atoms with Gasteiger partial charge in [0.2, 0.25) is 5.91 Å². The Labute approximate surface area is 150 Å². The van der Waals surface area contributed by atoms with Gasteiger partial charge in [0, 0.05) is 32.3 Å². The summed E-state index contributed by atoms with van der Waals surface area (Å²) >= 11 is 0. The minimum absolute atomic E-state index is 0.0717. The third-order valence-electron chi connectivity index (χ3n) is 4.17. The van der Waals surface area contributed by atoms with Crippen LogP contribution in [0.5, 0.6) is 0 Å². The first-order chi connectivity index (χ1) is 11.8. The highest BCUT2D eigenvalue weighted by molar-refractivity contribution is 5.92. The van der Waals surface area contributed by atoms with E-state index in [1.54, 1.807) is 22.2 Å². The lowest BCUT2D eigenvalue weighted by molar-refractivity contribution is -0.118. The number of amides is 2. The molecule has 2 amide bonds. The van der Waals surface area contributed by atoms with Crippen molar-refractivity contribution in [2.45, 2.75) is 52.6 Å². The summed E-state index contributed by atoms with van der Waals surface area (Å²) in [6.45, 7) is 9.39. The zero-order valence-corrected chi connectivity index (χ0v) is 15.7. The molecule has 0 radical (unpaired) electrons. The van der Waals surface area contributed by atoms with Gasteiger partial charge in [-0.15, -0.1) is 0 Å². The van der Waals surface area contributed by atoms with Crippen LogP contribution in [0.25, 0.3) is 0 Å². The number of ether oxygens (including phenoxy) is 1. The summed E-state index contributed by atoms with van der Waals surface area (Å²) < 4.78 is 5.48. The number of nitrogens with zero attached hydrogens (tertiary/aromatic N) is 3. The summed E-state index contributed by atoms with van der Waals surface area (Å²) in [5.74, 6) is 0.305. The second-order valence-corrected chi connectivity index (χ2v) is 7.50. The Bertz CT molecular complexity index is 583. The number of rotatable bonds is 4. The molecule has 1 aliphatic rings. The quantitative estimate of drug-likeness (QED) is 0.836. The van der Waals surface area contributed by atoms with Crippen LogP contribution in [0, 0.1) is 5.92 Å². The molecule has 0 aromatic carbocycles. The van der Waals surface area contributed by atoms with Crippen molar-refractivity contribution in [2.24, 2.45) is 5.92 Å². The molecule has 0 aliphatic carbocycles. The van der Waals surface area contributed by atoms with E-state index in [9.17, 15) is 9.59 Å². The van der Waals surface area contributed by atoms with Gasteiger partial charge in [0.05, 0.1) is 11.9 Å². The molecule has 1 fully saturated rings. The van der Waals surface area contributed by atoms with E-state index in [4.69, 9.17) is 4.74 Å². The van der Waals surface area contributed by atoms with Crippen LogP contribution < -0.4 is 4.90 Å². The average molecular weight is 347 g/mol. The minimum atomic E-state index is -0.496. The fourth-order valence-electron chi connectivity index (χ4n) is 3.02. The summed E-state index contributed by atoms with van der Waals surface area (Å²) in [5, 5.41) is 0. The van der Waals surface area contributed by atoms with Gasteiger partial charge in [0.15, 0.2) is 0 Å². The smallest absolute Gasteiger partial charge is 0.410 e. The number of pyridine rings is 1. The van der Waals surface area contributed by atoms with E-state index in [0.717, 1.165) is 18.5 Å². The van der Waals surface area contributed by atoms with Gasteiger partial charge in [-0.25, -0.2) is 4.79 Å². The molecule has 0 spiro atoms. The molecule has 6 nitrogen and oxygen atoms in total. The highest BCUT2D eigenvalue weighted by Gasteiger charge is 2.29. The molecule has 2 heterocycles. The minimum Gasteiger partial charge on any atom is -0.444 e. The number of aromatic nitrogens is 1. The lowest BCUT2D eigenvalue weighted by Gasteiger charge is -2.36. The van der Waals surface area contributed by atoms with E-state index < -0.39 is 5.60 Å². The Morgan fingerprint density at radius 1 is 1.40 bits per heavy atom. The predicted octanol–water partition coefficient (Wildman–Crippen LogP) is 3.47. The molecular formula is C19H29N3O3. The molecule has 1 aromatic rings. The maximum Gasteiger partial charge on any atom is 0.410 e. The van der Waals surface area contributed by atoms with E-state index in [1.807, 2.05) is 39.8 Å². The zero-order valence-electron chi connectivity index (χ0n) is 15.7. The van der Waals surface area contributed by atoms with Crippen molar-refractivity contribution < 1.29 is 14.3 Å². The summed E-state index contributed by atoms with van der Waals surface area (Å²) in [5.41, 5.74) is 0.313. The standard InChI is InChI=1S/C19H29N3O3/c1-5-17(23)22(16-9-6-10-20-12-16)14-15-8-7-11-21(13-15)18(24)25-19(2,3)4/h6,9-10,12,15H,5,7-8,11,13-14H2,1-4H3/t15-/m1/s1. The predicted molar refractivity (Wildman–Crippen MR) is 97.4 cm³/mol. The molecule has 0 saturated carbocycles. The van der Waals surface area contributed by atoms with Crippen molar-refractivity contribution in [3.63, 3.8) is 0 Å². The molecule has 1 saturated heterocycles. The van der Waals surface area contributed by atoms with Crippen molar-refractivity contribution >= 4 is 17.7 Å². The Kier molecular flexibility index (Phi) is 6.39. The van der Waals surface area contributed by atoms with Gasteiger partial charge in [-0.2, -0.15) is 0 Å². The van der Waals surface area contributed by atoms with Gasteiger partial charge in [-0.05, 0) is 51.7 Å². The number of hydrogen-bond acceptors (Lipinski definition) is 4. The first-order valence-electron chi connectivity index (χ1n) is 8.98. The van der Waals surface area contributed by atoms with Crippen molar-refractivity contribution in [1.29, 1.82) is 0 Å². The fraction of sp³-hybridized carbons (Fsp3) is 0.632. The summed E-state index contributed by atoms with van der Waals surface area (Å²) in [6, 6.07) is 3.73. The zero-order chi connectivity index (χ0) is 18.4. The van der Waals surface area contributed by atoms with Crippen LogP contribution in [0.2, 0.25) is 0 Å². The Morgan fingerprint density at radius 3 is 2.76 bits per heavy atom. The van der Waals surface area contributed by atoms with Crippen LogP contribution in [0.15, 0.2) is 24.5 Å². The van der Waals surface area contributed by atoms with E-state index in [1.165, 1.54) is 0 Å². The third kappa shape index (κ3) is 5.73. The molecule has 0 N–H and O–H groups in total. The average Bonchev–Trinajstić information content (AvgIpc) is 2.58. The van der Waals surface area contributed by atoms with Crippen molar-refractivity contribution in [3.8, 4) is 0 Å². The van der Waals surface area contributed by atoms with Crippen LogP contribution in [-0.4, -0.2) is 47.1 Å². The number of carbonyl (C=O) groups is 2. The highest BCUT2D eigenvalue weighted by atomic mass is 16.6. The molecule has 1 atom stereocenters. The Hall–Kier alpha value is -2.11. The van der Waals surface area contributed by atoms with Gasteiger partial charge in [0.25, 0.3) is 0 Å². The number of hydrogen-bond donors (Lipinski definition) is 0. The molecule has 25 heavy (non-hydrogen) atoms. The summed E-state index contributed by atoms with van der Waals surface area (Å²) in [4.78, 5) is 32.4. The van der Waals surface area contributed by atoms with Crippen LogP contribution in [0.4, 0.5) is 10.5 Å². The second kappa shape index (κ2) is 8.32. The lowest BCUT2D eigenvalue weighted by atomic mass is 9.97. The first-order valence-corrected chi connectivity index (χ1v) is 8.98. The van der Waals surface area contributed by atoms with Crippen molar-refractivity contribution in [2.75, 3.05) is 24.5 Å². The van der Waals surface area contributed by atoms with Crippen LogP contribution in [0.3, 0.4) is 0 Å². The maximum absolute atomic E-state index is 12.4. The normalized spacial score (nSPS) is 17.9. The molecule has 2 rings (SSSR count).